The number of sulfone groups is 1. The molecule has 0 N–H and O–H groups in total. The molecule has 0 unspecified atom stereocenters. The van der Waals surface area contributed by atoms with Crippen LogP contribution in [0.2, 0.25) is 0 Å². The van der Waals surface area contributed by atoms with Crippen molar-refractivity contribution in [3.63, 3.8) is 0 Å². The van der Waals surface area contributed by atoms with Crippen LogP contribution in [0.25, 0.3) is 10.9 Å². The van der Waals surface area contributed by atoms with Crippen molar-refractivity contribution in [1.82, 2.24) is 4.98 Å². The molecule has 7 nitrogen and oxygen atoms in total. The number of fused-ring (bicyclic) bond motifs is 1. The van der Waals surface area contributed by atoms with Gasteiger partial charge in [-0.1, -0.05) is 17.7 Å². The Morgan fingerprint density at radius 1 is 1.06 bits per heavy atom. The molecule has 1 aromatic heterocycles. The summed E-state index contributed by atoms with van der Waals surface area (Å²) in [5.41, 5.74) is 2.28. The molecular formula is C26H30N2O5S. The second-order valence-corrected chi connectivity index (χ2v) is 10.3. The molecule has 2 aromatic carbocycles. The SMILES string of the molecule is CCOC(=O)C1CCN(c2c(S(=O)(=O)c3ccc(C)cc3)cnc3ccc(OCC)cc23)CC1. The topological polar surface area (TPSA) is 85.8 Å². The van der Waals surface area contributed by atoms with Gasteiger partial charge in [0.25, 0.3) is 0 Å². The number of anilines is 1. The molecule has 1 aliphatic heterocycles. The second kappa shape index (κ2) is 10.0. The van der Waals surface area contributed by atoms with E-state index in [9.17, 15) is 13.2 Å². The maximum Gasteiger partial charge on any atom is 0.309 e. The Balaban J connectivity index is 1.82. The summed E-state index contributed by atoms with van der Waals surface area (Å²) in [5, 5.41) is 0.716. The van der Waals surface area contributed by atoms with E-state index in [-0.39, 0.29) is 21.7 Å². The summed E-state index contributed by atoms with van der Waals surface area (Å²) >= 11 is 0. The van der Waals surface area contributed by atoms with Gasteiger partial charge in [0.15, 0.2) is 0 Å². The molecule has 2 heterocycles. The second-order valence-electron chi connectivity index (χ2n) is 8.41. The number of rotatable bonds is 7. The summed E-state index contributed by atoms with van der Waals surface area (Å²) in [6.45, 7) is 7.56. The van der Waals surface area contributed by atoms with Crippen molar-refractivity contribution in [2.75, 3.05) is 31.2 Å². The Morgan fingerprint density at radius 2 is 1.76 bits per heavy atom. The van der Waals surface area contributed by atoms with Gasteiger partial charge in [0.05, 0.1) is 35.2 Å². The van der Waals surface area contributed by atoms with Crippen LogP contribution in [0.3, 0.4) is 0 Å². The number of nitrogens with zero attached hydrogens (tertiary/aromatic N) is 2. The van der Waals surface area contributed by atoms with E-state index < -0.39 is 9.84 Å². The number of hydrogen-bond donors (Lipinski definition) is 0. The number of aryl methyl sites for hydroxylation is 1. The highest BCUT2D eigenvalue weighted by atomic mass is 32.2. The Bertz CT molecular complexity index is 1280. The first-order valence-corrected chi connectivity index (χ1v) is 13.1. The first-order chi connectivity index (χ1) is 16.3. The molecule has 0 spiro atoms. The number of piperidine rings is 1. The fourth-order valence-corrected chi connectivity index (χ4v) is 5.80. The fourth-order valence-electron chi connectivity index (χ4n) is 4.36. The molecule has 1 aliphatic rings. The van der Waals surface area contributed by atoms with Crippen molar-refractivity contribution in [2.45, 2.75) is 43.4 Å². The molecule has 3 aromatic rings. The minimum Gasteiger partial charge on any atom is -0.494 e. The van der Waals surface area contributed by atoms with E-state index in [0.29, 0.717) is 61.5 Å². The number of hydrogen-bond acceptors (Lipinski definition) is 7. The molecule has 1 saturated heterocycles. The first kappa shape index (κ1) is 24.0. The number of carbonyl (C=O) groups is 1. The van der Waals surface area contributed by atoms with Gasteiger partial charge in [-0.05, 0) is 63.9 Å². The number of benzene rings is 2. The first-order valence-electron chi connectivity index (χ1n) is 11.6. The van der Waals surface area contributed by atoms with E-state index in [4.69, 9.17) is 9.47 Å². The predicted molar refractivity (Wildman–Crippen MR) is 131 cm³/mol. The standard InChI is InChI=1S/C26H30N2O5S/c1-4-32-20-8-11-23-22(16-20)25(28-14-12-19(13-15-28)26(29)33-5-2)24(17-27-23)34(30,31)21-9-6-18(3)7-10-21/h6-11,16-17,19H,4-5,12-15H2,1-3H3. The zero-order valence-corrected chi connectivity index (χ0v) is 20.6. The lowest BCUT2D eigenvalue weighted by Crippen LogP contribution is -2.37. The number of ether oxygens (including phenoxy) is 2. The van der Waals surface area contributed by atoms with Crippen molar-refractivity contribution in [1.29, 1.82) is 0 Å². The zero-order chi connectivity index (χ0) is 24.3. The van der Waals surface area contributed by atoms with Gasteiger partial charge < -0.3 is 14.4 Å². The molecule has 1 fully saturated rings. The summed E-state index contributed by atoms with van der Waals surface area (Å²) in [6, 6.07) is 12.4. The van der Waals surface area contributed by atoms with Gasteiger partial charge in [0, 0.05) is 24.7 Å². The quantitative estimate of drug-likeness (QED) is 0.457. The van der Waals surface area contributed by atoms with Crippen LogP contribution in [0.15, 0.2) is 58.5 Å². The highest BCUT2D eigenvalue weighted by Gasteiger charge is 2.31. The van der Waals surface area contributed by atoms with Gasteiger partial charge in [-0.2, -0.15) is 0 Å². The summed E-state index contributed by atoms with van der Waals surface area (Å²) < 4.78 is 38.4. The maximum atomic E-state index is 13.7. The van der Waals surface area contributed by atoms with Crippen LogP contribution in [0.5, 0.6) is 5.75 Å². The normalized spacial score (nSPS) is 14.9. The van der Waals surface area contributed by atoms with Gasteiger partial charge in [0.2, 0.25) is 9.84 Å². The minimum absolute atomic E-state index is 0.159. The molecule has 0 aliphatic carbocycles. The lowest BCUT2D eigenvalue weighted by atomic mass is 9.96. The molecule has 8 heteroatoms. The third-order valence-corrected chi connectivity index (χ3v) is 7.91. The van der Waals surface area contributed by atoms with Crippen LogP contribution >= 0.6 is 0 Å². The van der Waals surface area contributed by atoms with Crippen LogP contribution in [-0.2, 0) is 19.4 Å². The van der Waals surface area contributed by atoms with Crippen LogP contribution in [-0.4, -0.2) is 45.7 Å². The number of aromatic nitrogens is 1. The summed E-state index contributed by atoms with van der Waals surface area (Å²) in [5.74, 6) is 0.289. The van der Waals surface area contributed by atoms with Crippen LogP contribution in [0.4, 0.5) is 5.69 Å². The molecule has 0 atom stereocenters. The van der Waals surface area contributed by atoms with Crippen molar-refractivity contribution < 1.29 is 22.7 Å². The largest absolute Gasteiger partial charge is 0.494 e. The molecule has 34 heavy (non-hydrogen) atoms. The van der Waals surface area contributed by atoms with E-state index in [0.717, 1.165) is 5.56 Å². The molecule has 0 radical (unpaired) electrons. The third kappa shape index (κ3) is 4.73. The Hall–Kier alpha value is -3.13. The predicted octanol–water partition coefficient (Wildman–Crippen LogP) is 4.55. The van der Waals surface area contributed by atoms with Crippen molar-refractivity contribution in [2.24, 2.45) is 5.92 Å². The molecular weight excluding hydrogens is 452 g/mol. The molecule has 0 bridgehead atoms. The van der Waals surface area contributed by atoms with Crippen molar-refractivity contribution >= 4 is 32.4 Å². The average Bonchev–Trinajstić information content (AvgIpc) is 2.84. The van der Waals surface area contributed by atoms with Crippen LogP contribution in [0.1, 0.15) is 32.3 Å². The minimum atomic E-state index is -3.83. The van der Waals surface area contributed by atoms with E-state index in [1.54, 1.807) is 31.2 Å². The van der Waals surface area contributed by atoms with Gasteiger partial charge >= 0.3 is 5.97 Å². The lowest BCUT2D eigenvalue weighted by molar-refractivity contribution is -0.148. The maximum absolute atomic E-state index is 13.7. The fraction of sp³-hybridized carbons (Fsp3) is 0.385. The Labute approximate surface area is 200 Å². The van der Waals surface area contributed by atoms with Crippen molar-refractivity contribution in [3.05, 3.63) is 54.2 Å². The zero-order valence-electron chi connectivity index (χ0n) is 19.8. The van der Waals surface area contributed by atoms with Gasteiger partial charge in [-0.3, -0.25) is 9.78 Å². The van der Waals surface area contributed by atoms with Crippen LogP contribution in [0, 0.1) is 12.8 Å². The lowest BCUT2D eigenvalue weighted by Gasteiger charge is -2.34. The highest BCUT2D eigenvalue weighted by molar-refractivity contribution is 7.91. The van der Waals surface area contributed by atoms with E-state index >= 15 is 0 Å². The summed E-state index contributed by atoms with van der Waals surface area (Å²) in [4.78, 5) is 19.2. The Kier molecular flexibility index (Phi) is 7.07. The smallest absolute Gasteiger partial charge is 0.309 e. The molecule has 180 valence electrons. The number of pyridine rings is 1. The van der Waals surface area contributed by atoms with E-state index in [1.807, 2.05) is 32.0 Å². The molecule has 0 saturated carbocycles. The average molecular weight is 483 g/mol. The Morgan fingerprint density at radius 3 is 2.41 bits per heavy atom. The monoisotopic (exact) mass is 482 g/mol. The summed E-state index contributed by atoms with van der Waals surface area (Å²) in [7, 11) is -3.83. The number of esters is 1. The van der Waals surface area contributed by atoms with Gasteiger partial charge in [-0.15, -0.1) is 0 Å². The number of carbonyl (C=O) groups excluding carboxylic acids is 1. The van der Waals surface area contributed by atoms with Gasteiger partial charge in [-0.25, -0.2) is 8.42 Å². The van der Waals surface area contributed by atoms with E-state index in [2.05, 4.69) is 9.88 Å². The van der Waals surface area contributed by atoms with Gasteiger partial charge in [0.1, 0.15) is 10.6 Å². The molecule has 0 amide bonds. The highest BCUT2D eigenvalue weighted by Crippen LogP contribution is 2.39. The third-order valence-electron chi connectivity index (χ3n) is 6.14. The molecule has 4 rings (SSSR count). The van der Waals surface area contributed by atoms with Crippen molar-refractivity contribution in [3.8, 4) is 5.75 Å². The van der Waals surface area contributed by atoms with E-state index in [1.165, 1.54) is 6.20 Å². The summed E-state index contributed by atoms with van der Waals surface area (Å²) in [6.07, 6.45) is 2.64. The van der Waals surface area contributed by atoms with Crippen LogP contribution < -0.4 is 9.64 Å².